The number of rotatable bonds is 8. The van der Waals surface area contributed by atoms with E-state index in [1.165, 1.54) is 12.1 Å². The van der Waals surface area contributed by atoms with E-state index in [1.807, 2.05) is 0 Å². The summed E-state index contributed by atoms with van der Waals surface area (Å²) in [6.45, 7) is 7.96. The Balaban J connectivity index is 1.98. The van der Waals surface area contributed by atoms with Gasteiger partial charge in [0, 0.05) is 31.9 Å². The summed E-state index contributed by atoms with van der Waals surface area (Å²) < 4.78 is 0. The topological polar surface area (TPSA) is 89.0 Å². The molecule has 1 aliphatic heterocycles. The van der Waals surface area contributed by atoms with Gasteiger partial charge in [0.25, 0.3) is 5.91 Å². The number of amides is 1. The Morgan fingerprint density at radius 3 is 2.83 bits per heavy atom. The molecule has 0 spiro atoms. The molecule has 0 radical (unpaired) electrons. The summed E-state index contributed by atoms with van der Waals surface area (Å²) >= 11 is 6.21. The van der Waals surface area contributed by atoms with Crippen LogP contribution < -0.4 is 16.0 Å². The second kappa shape index (κ2) is 8.86. The Kier molecular flexibility index (Phi) is 6.84. The van der Waals surface area contributed by atoms with E-state index in [-0.39, 0.29) is 23.5 Å². The molecule has 1 aromatic rings. The molecule has 1 unspecified atom stereocenters. The molecule has 0 aliphatic carbocycles. The predicted octanol–water partition coefficient (Wildman–Crippen LogP) is 1.49. The first-order valence-electron chi connectivity index (χ1n) is 8.09. The van der Waals surface area contributed by atoms with Crippen molar-refractivity contribution in [1.82, 2.24) is 15.5 Å². The van der Waals surface area contributed by atoms with E-state index in [9.17, 15) is 9.90 Å². The van der Waals surface area contributed by atoms with E-state index in [1.54, 1.807) is 6.21 Å². The maximum Gasteiger partial charge on any atom is 0.255 e. The Hall–Kier alpha value is -1.83. The van der Waals surface area contributed by atoms with Crippen molar-refractivity contribution in [2.75, 3.05) is 38.0 Å². The van der Waals surface area contributed by atoms with Gasteiger partial charge >= 0.3 is 0 Å². The number of halogens is 1. The average molecular weight is 354 g/mol. The minimum absolute atomic E-state index is 0.121. The maximum atomic E-state index is 12.2. The molecule has 7 nitrogen and oxygen atoms in total. The number of phenols is 1. The van der Waals surface area contributed by atoms with Gasteiger partial charge in [-0.25, -0.2) is 0 Å². The summed E-state index contributed by atoms with van der Waals surface area (Å²) in [6, 6.07) is 2.90. The summed E-state index contributed by atoms with van der Waals surface area (Å²) in [4.78, 5) is 18.6. The van der Waals surface area contributed by atoms with Crippen molar-refractivity contribution in [3.8, 4) is 5.75 Å². The number of aromatic hydroxyl groups is 1. The van der Waals surface area contributed by atoms with Crippen LogP contribution in [0, 0.1) is 0 Å². The molecule has 132 valence electrons. The largest absolute Gasteiger partial charge is 0.507 e. The number of benzene rings is 1. The van der Waals surface area contributed by atoms with E-state index in [0.717, 1.165) is 19.6 Å². The molecule has 8 heteroatoms. The number of anilines is 1. The quantitative estimate of drug-likeness (QED) is 0.568. The molecule has 2 rings (SSSR count). The number of hydrogen-bond donors (Lipinski definition) is 4. The van der Waals surface area contributed by atoms with Crippen molar-refractivity contribution < 1.29 is 9.90 Å². The molecule has 1 atom stereocenters. The molecular weight excluding hydrogens is 330 g/mol. The summed E-state index contributed by atoms with van der Waals surface area (Å²) in [5.74, 6) is -0.464. The molecule has 4 N–H and O–H groups in total. The van der Waals surface area contributed by atoms with Crippen molar-refractivity contribution >= 4 is 29.4 Å². The number of nitrogens with one attached hydrogen (secondary N) is 3. The summed E-state index contributed by atoms with van der Waals surface area (Å²) in [6.07, 6.45) is 1.47. The normalized spacial score (nSPS) is 16.6. The first-order chi connectivity index (χ1) is 11.5. The van der Waals surface area contributed by atoms with Gasteiger partial charge in [-0.05, 0) is 19.2 Å². The third-order valence-corrected chi connectivity index (χ3v) is 4.20. The number of phenolic OH excluding ortho intramolecular Hbond substituents is 1. The van der Waals surface area contributed by atoms with Crippen LogP contribution in [0.2, 0.25) is 5.02 Å². The average Bonchev–Trinajstić information content (AvgIpc) is 3.07. The van der Waals surface area contributed by atoms with Gasteiger partial charge in [-0.2, -0.15) is 0 Å². The molecular formula is C16H24ClN5O2. The van der Waals surface area contributed by atoms with Crippen molar-refractivity contribution in [2.45, 2.75) is 20.1 Å². The van der Waals surface area contributed by atoms with Gasteiger partial charge in [0.15, 0.2) is 6.29 Å². The van der Waals surface area contributed by atoms with Gasteiger partial charge in [0.05, 0.1) is 16.3 Å². The van der Waals surface area contributed by atoms with Crippen LogP contribution in [0.15, 0.2) is 17.1 Å². The molecule has 0 bridgehead atoms. The van der Waals surface area contributed by atoms with Crippen LogP contribution in [0.1, 0.15) is 24.2 Å². The van der Waals surface area contributed by atoms with Gasteiger partial charge in [0.2, 0.25) is 0 Å². The fourth-order valence-corrected chi connectivity index (χ4v) is 2.65. The lowest BCUT2D eigenvalue weighted by atomic mass is 10.1. The first kappa shape index (κ1) is 18.5. The zero-order valence-electron chi connectivity index (χ0n) is 14.0. The molecule has 0 aromatic heterocycles. The lowest BCUT2D eigenvalue weighted by Gasteiger charge is -2.18. The monoisotopic (exact) mass is 353 g/mol. The van der Waals surface area contributed by atoms with E-state index in [4.69, 9.17) is 11.6 Å². The Morgan fingerprint density at radius 2 is 2.21 bits per heavy atom. The van der Waals surface area contributed by atoms with Gasteiger partial charge in [-0.15, -0.1) is 0 Å². The van der Waals surface area contributed by atoms with Crippen LogP contribution in [0.4, 0.5) is 5.69 Å². The van der Waals surface area contributed by atoms with E-state index in [0.29, 0.717) is 23.8 Å². The number of carbonyl (C=O) groups excluding carboxylic acids is 1. The Labute approximate surface area is 147 Å². The second-order valence-electron chi connectivity index (χ2n) is 5.42. The fraction of sp³-hybridized carbons (Fsp3) is 0.500. The van der Waals surface area contributed by atoms with Crippen LogP contribution in [0.5, 0.6) is 5.75 Å². The zero-order chi connectivity index (χ0) is 17.5. The number of carbonyl (C=O) groups is 1. The van der Waals surface area contributed by atoms with E-state index >= 15 is 0 Å². The van der Waals surface area contributed by atoms with Crippen LogP contribution in [0.3, 0.4) is 0 Å². The van der Waals surface area contributed by atoms with Gasteiger partial charge in [-0.1, -0.05) is 25.4 Å². The SMILES string of the molecule is CCN(CC)CCNC(=O)c1cc(Cl)c(NC2N=CCN2)cc1O. The molecule has 24 heavy (non-hydrogen) atoms. The van der Waals surface area contributed by atoms with Crippen molar-refractivity contribution in [1.29, 1.82) is 0 Å². The molecule has 0 saturated carbocycles. The highest BCUT2D eigenvalue weighted by atomic mass is 35.5. The molecule has 0 fully saturated rings. The minimum Gasteiger partial charge on any atom is -0.507 e. The fourth-order valence-electron chi connectivity index (χ4n) is 2.43. The van der Waals surface area contributed by atoms with Crippen molar-refractivity contribution in [3.63, 3.8) is 0 Å². The molecule has 1 aromatic carbocycles. The first-order valence-corrected chi connectivity index (χ1v) is 8.47. The molecule has 1 amide bonds. The lowest BCUT2D eigenvalue weighted by Crippen LogP contribution is -2.34. The van der Waals surface area contributed by atoms with Crippen LogP contribution in [-0.4, -0.2) is 61.1 Å². The summed E-state index contributed by atoms with van der Waals surface area (Å²) in [5.41, 5.74) is 0.679. The predicted molar refractivity (Wildman–Crippen MR) is 97.1 cm³/mol. The van der Waals surface area contributed by atoms with Gasteiger partial charge < -0.3 is 20.6 Å². The Bertz CT molecular complexity index is 604. The maximum absolute atomic E-state index is 12.2. The summed E-state index contributed by atoms with van der Waals surface area (Å²) in [5, 5.41) is 19.4. The van der Waals surface area contributed by atoms with Gasteiger partial charge in [-0.3, -0.25) is 15.1 Å². The molecule has 1 heterocycles. The highest BCUT2D eigenvalue weighted by molar-refractivity contribution is 6.33. The number of hydrogen-bond acceptors (Lipinski definition) is 6. The van der Waals surface area contributed by atoms with Gasteiger partial charge in [0.1, 0.15) is 5.75 Å². The molecule has 1 aliphatic rings. The zero-order valence-corrected chi connectivity index (χ0v) is 14.7. The molecule has 0 saturated heterocycles. The van der Waals surface area contributed by atoms with E-state index < -0.39 is 0 Å². The van der Waals surface area contributed by atoms with Crippen molar-refractivity contribution in [3.05, 3.63) is 22.7 Å². The second-order valence-corrected chi connectivity index (χ2v) is 5.83. The van der Waals surface area contributed by atoms with Crippen LogP contribution >= 0.6 is 11.6 Å². The number of nitrogens with zero attached hydrogens (tertiary/aromatic N) is 2. The lowest BCUT2D eigenvalue weighted by molar-refractivity contribution is 0.0946. The smallest absolute Gasteiger partial charge is 0.255 e. The third kappa shape index (κ3) is 4.83. The highest BCUT2D eigenvalue weighted by Crippen LogP contribution is 2.30. The number of likely N-dealkylation sites (N-methyl/N-ethyl adjacent to an activating group) is 1. The highest BCUT2D eigenvalue weighted by Gasteiger charge is 2.17. The standard InChI is InChI=1S/C16H24ClN5O2/c1-3-22(4-2)8-7-18-15(24)11-9-12(17)13(10-14(11)23)21-16-19-5-6-20-16/h5,9-10,16,20-21,23H,3-4,6-8H2,1-2H3,(H,18,24). The summed E-state index contributed by atoms with van der Waals surface area (Å²) in [7, 11) is 0. The number of aliphatic imine (C=N–C) groups is 1. The van der Waals surface area contributed by atoms with Crippen LogP contribution in [0.25, 0.3) is 0 Å². The Morgan fingerprint density at radius 1 is 1.46 bits per heavy atom. The van der Waals surface area contributed by atoms with Crippen LogP contribution in [-0.2, 0) is 0 Å². The minimum atomic E-state index is -0.342. The van der Waals surface area contributed by atoms with E-state index in [2.05, 4.69) is 39.7 Å². The third-order valence-electron chi connectivity index (χ3n) is 3.89. The van der Waals surface area contributed by atoms with Crippen molar-refractivity contribution in [2.24, 2.45) is 4.99 Å².